The summed E-state index contributed by atoms with van der Waals surface area (Å²) >= 11 is 0. The SMILES string of the molecule is Nc1cnc(N(Cc2ccc3[nH]ccc3c2)c2cccc3[nH]ccc23)nc1N. The summed E-state index contributed by atoms with van der Waals surface area (Å²) < 4.78 is 0. The number of benzene rings is 2. The molecule has 0 atom stereocenters. The smallest absolute Gasteiger partial charge is 0.232 e. The second-order valence-electron chi connectivity index (χ2n) is 6.71. The highest BCUT2D eigenvalue weighted by molar-refractivity contribution is 5.94. The van der Waals surface area contributed by atoms with Crippen LogP contribution in [0, 0.1) is 0 Å². The Kier molecular flexibility index (Phi) is 3.65. The van der Waals surface area contributed by atoms with Gasteiger partial charge >= 0.3 is 0 Å². The minimum atomic E-state index is 0.275. The molecule has 0 saturated carbocycles. The van der Waals surface area contributed by atoms with Crippen LogP contribution < -0.4 is 16.4 Å². The molecule has 0 fully saturated rings. The average molecular weight is 369 g/mol. The Hall–Kier alpha value is -4.00. The predicted octanol–water partition coefficient (Wildman–Crippen LogP) is 3.94. The zero-order valence-corrected chi connectivity index (χ0v) is 15.1. The summed E-state index contributed by atoms with van der Waals surface area (Å²) in [6, 6.07) is 16.6. The van der Waals surface area contributed by atoms with Gasteiger partial charge in [0.2, 0.25) is 5.95 Å². The molecule has 28 heavy (non-hydrogen) atoms. The van der Waals surface area contributed by atoms with Crippen molar-refractivity contribution in [2.24, 2.45) is 0 Å². The van der Waals surface area contributed by atoms with Crippen LogP contribution in [0.15, 0.2) is 67.1 Å². The number of nitrogens with zero attached hydrogens (tertiary/aromatic N) is 3. The van der Waals surface area contributed by atoms with Gasteiger partial charge in [-0.15, -0.1) is 0 Å². The van der Waals surface area contributed by atoms with Crippen LogP contribution in [0.5, 0.6) is 0 Å². The van der Waals surface area contributed by atoms with Crippen molar-refractivity contribution in [2.75, 3.05) is 16.4 Å². The summed E-state index contributed by atoms with van der Waals surface area (Å²) in [7, 11) is 0. The molecule has 3 heterocycles. The molecule has 0 bridgehead atoms. The van der Waals surface area contributed by atoms with E-state index < -0.39 is 0 Å². The highest BCUT2D eigenvalue weighted by Gasteiger charge is 2.17. The summed E-state index contributed by atoms with van der Waals surface area (Å²) in [4.78, 5) is 17.4. The van der Waals surface area contributed by atoms with Crippen LogP contribution in [0.1, 0.15) is 5.56 Å². The van der Waals surface area contributed by atoms with E-state index in [9.17, 15) is 0 Å². The van der Waals surface area contributed by atoms with E-state index >= 15 is 0 Å². The van der Waals surface area contributed by atoms with Crippen LogP contribution in [-0.2, 0) is 6.54 Å². The van der Waals surface area contributed by atoms with E-state index in [1.807, 2.05) is 30.6 Å². The number of hydrogen-bond donors (Lipinski definition) is 4. The van der Waals surface area contributed by atoms with Gasteiger partial charge in [0.1, 0.15) is 0 Å². The zero-order valence-electron chi connectivity index (χ0n) is 15.1. The molecule has 0 unspecified atom stereocenters. The molecule has 7 nitrogen and oxygen atoms in total. The molecule has 7 heteroatoms. The summed E-state index contributed by atoms with van der Waals surface area (Å²) in [5, 5.41) is 2.25. The fourth-order valence-electron chi connectivity index (χ4n) is 3.48. The van der Waals surface area contributed by atoms with Crippen molar-refractivity contribution in [3.8, 4) is 0 Å². The topological polar surface area (TPSA) is 113 Å². The van der Waals surface area contributed by atoms with Crippen molar-refractivity contribution >= 4 is 44.9 Å². The Bertz CT molecular complexity index is 1280. The van der Waals surface area contributed by atoms with Crippen LogP contribution in [0.2, 0.25) is 0 Å². The highest BCUT2D eigenvalue weighted by atomic mass is 15.3. The number of hydrogen-bond acceptors (Lipinski definition) is 5. The lowest BCUT2D eigenvalue weighted by Gasteiger charge is -2.24. The zero-order chi connectivity index (χ0) is 19.1. The van der Waals surface area contributed by atoms with Crippen molar-refractivity contribution in [2.45, 2.75) is 6.54 Å². The summed E-state index contributed by atoms with van der Waals surface area (Å²) in [5.41, 5.74) is 16.5. The van der Waals surface area contributed by atoms with Crippen LogP contribution in [0.25, 0.3) is 21.8 Å². The molecule has 3 aromatic heterocycles. The van der Waals surface area contributed by atoms with Crippen molar-refractivity contribution in [3.63, 3.8) is 0 Å². The normalized spacial score (nSPS) is 11.3. The minimum absolute atomic E-state index is 0.275. The Labute approximate surface area is 161 Å². The molecule has 0 amide bonds. The predicted molar refractivity (Wildman–Crippen MR) is 113 cm³/mol. The Morgan fingerprint density at radius 3 is 2.68 bits per heavy atom. The maximum absolute atomic E-state index is 5.97. The van der Waals surface area contributed by atoms with E-state index in [4.69, 9.17) is 11.5 Å². The van der Waals surface area contributed by atoms with Crippen molar-refractivity contribution in [3.05, 3.63) is 72.7 Å². The van der Waals surface area contributed by atoms with Gasteiger partial charge in [0, 0.05) is 28.8 Å². The lowest BCUT2D eigenvalue weighted by atomic mass is 10.1. The van der Waals surface area contributed by atoms with Crippen LogP contribution in [0.3, 0.4) is 0 Å². The molecule has 0 aliphatic carbocycles. The fraction of sp³-hybridized carbons (Fsp3) is 0.0476. The number of nitrogen functional groups attached to an aromatic ring is 2. The van der Waals surface area contributed by atoms with Crippen LogP contribution in [0.4, 0.5) is 23.1 Å². The second-order valence-corrected chi connectivity index (χ2v) is 6.71. The molecule has 0 aliphatic rings. The third kappa shape index (κ3) is 2.69. The standard InChI is InChI=1S/C21H19N7/c22-16-11-26-21(27-20(16)23)28(19-3-1-2-18-15(19)7-9-25-18)12-13-4-5-17-14(10-13)6-8-24-17/h1-11,24-25H,12,22H2,(H2,23,26,27). The lowest BCUT2D eigenvalue weighted by Crippen LogP contribution is -2.20. The van der Waals surface area contributed by atoms with E-state index in [1.165, 1.54) is 0 Å². The maximum Gasteiger partial charge on any atom is 0.232 e. The van der Waals surface area contributed by atoms with E-state index in [0.29, 0.717) is 18.2 Å². The van der Waals surface area contributed by atoms with Gasteiger partial charge < -0.3 is 26.3 Å². The molecule has 5 rings (SSSR count). The van der Waals surface area contributed by atoms with Crippen molar-refractivity contribution in [1.82, 2.24) is 19.9 Å². The van der Waals surface area contributed by atoms with Gasteiger partial charge in [-0.25, -0.2) is 4.98 Å². The molecule has 0 saturated heterocycles. The number of nitrogens with one attached hydrogen (secondary N) is 2. The quantitative estimate of drug-likeness (QED) is 0.383. The number of H-pyrrole nitrogens is 2. The average Bonchev–Trinajstić information content (AvgIpc) is 3.37. The first-order valence-electron chi connectivity index (χ1n) is 8.97. The van der Waals surface area contributed by atoms with Crippen LogP contribution in [-0.4, -0.2) is 19.9 Å². The third-order valence-electron chi connectivity index (χ3n) is 4.90. The number of anilines is 4. The Balaban J connectivity index is 1.65. The van der Waals surface area contributed by atoms with Gasteiger partial charge in [0.05, 0.1) is 24.1 Å². The minimum Gasteiger partial charge on any atom is -0.394 e. The molecular formula is C21H19N7. The van der Waals surface area contributed by atoms with E-state index in [0.717, 1.165) is 33.1 Å². The summed E-state index contributed by atoms with van der Waals surface area (Å²) in [6.45, 7) is 0.592. The third-order valence-corrected chi connectivity index (χ3v) is 4.90. The van der Waals surface area contributed by atoms with E-state index in [-0.39, 0.29) is 5.82 Å². The monoisotopic (exact) mass is 369 g/mol. The summed E-state index contributed by atoms with van der Waals surface area (Å²) in [6.07, 6.45) is 5.42. The van der Waals surface area contributed by atoms with E-state index in [1.54, 1.807) is 6.20 Å². The molecule has 6 N–H and O–H groups in total. The first-order valence-corrected chi connectivity index (χ1v) is 8.97. The molecule has 0 aliphatic heterocycles. The second kappa shape index (κ2) is 6.31. The molecule has 0 spiro atoms. The number of aromatic nitrogens is 4. The van der Waals surface area contributed by atoms with Gasteiger partial charge in [0.25, 0.3) is 0 Å². The molecule has 0 radical (unpaired) electrons. The van der Waals surface area contributed by atoms with Crippen LogP contribution >= 0.6 is 0 Å². The number of nitrogens with two attached hydrogens (primary N) is 2. The van der Waals surface area contributed by atoms with Crippen molar-refractivity contribution in [1.29, 1.82) is 0 Å². The molecule has 2 aromatic carbocycles. The van der Waals surface area contributed by atoms with Gasteiger partial charge in [-0.3, -0.25) is 0 Å². The Morgan fingerprint density at radius 1 is 0.929 bits per heavy atom. The molecule has 5 aromatic rings. The van der Waals surface area contributed by atoms with Crippen molar-refractivity contribution < 1.29 is 0 Å². The maximum atomic E-state index is 5.97. The lowest BCUT2D eigenvalue weighted by molar-refractivity contribution is 0.920. The molecule has 138 valence electrons. The fourth-order valence-corrected chi connectivity index (χ4v) is 3.48. The largest absolute Gasteiger partial charge is 0.394 e. The first kappa shape index (κ1) is 16.2. The number of aromatic amines is 2. The van der Waals surface area contributed by atoms with Gasteiger partial charge in [-0.1, -0.05) is 12.1 Å². The van der Waals surface area contributed by atoms with E-state index in [2.05, 4.69) is 55.2 Å². The Morgan fingerprint density at radius 2 is 1.79 bits per heavy atom. The number of fused-ring (bicyclic) bond motifs is 2. The van der Waals surface area contributed by atoms with Gasteiger partial charge in [-0.05, 0) is 47.3 Å². The summed E-state index contributed by atoms with van der Waals surface area (Å²) in [5.74, 6) is 0.784. The highest BCUT2D eigenvalue weighted by Crippen LogP contribution is 2.33. The number of rotatable bonds is 4. The van der Waals surface area contributed by atoms with Gasteiger partial charge in [0.15, 0.2) is 5.82 Å². The van der Waals surface area contributed by atoms with Gasteiger partial charge in [-0.2, -0.15) is 4.98 Å². The first-order chi connectivity index (χ1) is 13.7. The molecular weight excluding hydrogens is 350 g/mol.